The first-order chi connectivity index (χ1) is 9.49. The van der Waals surface area contributed by atoms with E-state index in [4.69, 9.17) is 0 Å². The summed E-state index contributed by atoms with van der Waals surface area (Å²) in [6.45, 7) is 0. The van der Waals surface area contributed by atoms with E-state index in [0.717, 1.165) is 24.3 Å². The van der Waals surface area contributed by atoms with Gasteiger partial charge in [0.25, 0.3) is 5.91 Å². The first kappa shape index (κ1) is 13.6. The summed E-state index contributed by atoms with van der Waals surface area (Å²) in [5.74, 6) is -2.54. The van der Waals surface area contributed by atoms with E-state index in [1.165, 1.54) is 18.2 Å². The predicted molar refractivity (Wildman–Crippen MR) is 67.4 cm³/mol. The quantitative estimate of drug-likeness (QED) is 0.692. The van der Waals surface area contributed by atoms with E-state index in [1.807, 2.05) is 0 Å². The fourth-order valence-corrected chi connectivity index (χ4v) is 1.57. The van der Waals surface area contributed by atoms with E-state index < -0.39 is 33.7 Å². The Morgan fingerprint density at radius 1 is 1.10 bits per heavy atom. The number of hydrogen-bond acceptors (Lipinski definition) is 3. The summed E-state index contributed by atoms with van der Waals surface area (Å²) in [4.78, 5) is 21.5. The number of anilines is 1. The Bertz CT molecular complexity index is 672. The Kier molecular flexibility index (Phi) is 3.69. The number of nitro benzene ring substituents is 1. The SMILES string of the molecule is O=C(Nc1ccc(F)cc1)c1cccc([N+](=O)[O-])c1F. The molecule has 2 aromatic carbocycles. The smallest absolute Gasteiger partial charge is 0.305 e. The van der Waals surface area contributed by atoms with E-state index in [2.05, 4.69) is 5.32 Å². The third kappa shape index (κ3) is 2.77. The number of rotatable bonds is 3. The maximum absolute atomic E-state index is 13.8. The molecule has 2 aromatic rings. The van der Waals surface area contributed by atoms with Crippen LogP contribution >= 0.6 is 0 Å². The molecule has 0 fully saturated rings. The maximum atomic E-state index is 13.8. The van der Waals surface area contributed by atoms with Crippen molar-refractivity contribution in [2.75, 3.05) is 5.32 Å². The van der Waals surface area contributed by atoms with E-state index in [1.54, 1.807) is 0 Å². The van der Waals surface area contributed by atoms with Gasteiger partial charge in [0.05, 0.1) is 10.5 Å². The highest BCUT2D eigenvalue weighted by atomic mass is 19.1. The number of amides is 1. The molecule has 1 amide bonds. The lowest BCUT2D eigenvalue weighted by molar-refractivity contribution is -0.387. The van der Waals surface area contributed by atoms with Crippen LogP contribution in [0, 0.1) is 21.7 Å². The second kappa shape index (κ2) is 5.43. The van der Waals surface area contributed by atoms with Gasteiger partial charge in [0, 0.05) is 11.8 Å². The molecule has 0 radical (unpaired) electrons. The van der Waals surface area contributed by atoms with Crippen molar-refractivity contribution < 1.29 is 18.5 Å². The number of benzene rings is 2. The van der Waals surface area contributed by atoms with Crippen LogP contribution in [0.2, 0.25) is 0 Å². The maximum Gasteiger partial charge on any atom is 0.305 e. The number of nitro groups is 1. The van der Waals surface area contributed by atoms with Gasteiger partial charge >= 0.3 is 5.69 Å². The van der Waals surface area contributed by atoms with Crippen molar-refractivity contribution in [1.29, 1.82) is 0 Å². The molecule has 0 bridgehead atoms. The van der Waals surface area contributed by atoms with Gasteiger partial charge in [0.1, 0.15) is 5.82 Å². The predicted octanol–water partition coefficient (Wildman–Crippen LogP) is 3.13. The highest BCUT2D eigenvalue weighted by Gasteiger charge is 2.21. The van der Waals surface area contributed by atoms with Crippen LogP contribution in [0.1, 0.15) is 10.4 Å². The number of hydrogen-bond donors (Lipinski definition) is 1. The summed E-state index contributed by atoms with van der Waals surface area (Å²) < 4.78 is 26.5. The average Bonchev–Trinajstić information content (AvgIpc) is 2.41. The topological polar surface area (TPSA) is 72.2 Å². The Balaban J connectivity index is 2.28. The summed E-state index contributed by atoms with van der Waals surface area (Å²) in [6, 6.07) is 8.13. The summed E-state index contributed by atoms with van der Waals surface area (Å²) >= 11 is 0. The minimum atomic E-state index is -1.21. The van der Waals surface area contributed by atoms with E-state index >= 15 is 0 Å². The number of carbonyl (C=O) groups is 1. The van der Waals surface area contributed by atoms with Crippen LogP contribution in [0.15, 0.2) is 42.5 Å². The van der Waals surface area contributed by atoms with Crippen molar-refractivity contribution >= 4 is 17.3 Å². The second-order valence-corrected chi connectivity index (χ2v) is 3.86. The van der Waals surface area contributed by atoms with Gasteiger partial charge in [-0.3, -0.25) is 14.9 Å². The molecule has 0 aromatic heterocycles. The number of carbonyl (C=O) groups excluding carboxylic acids is 1. The molecule has 0 unspecified atom stereocenters. The van der Waals surface area contributed by atoms with Gasteiger partial charge in [0.15, 0.2) is 0 Å². The molecule has 0 spiro atoms. The lowest BCUT2D eigenvalue weighted by Gasteiger charge is -2.06. The molecule has 0 aliphatic carbocycles. The number of nitrogens with zero attached hydrogens (tertiary/aromatic N) is 1. The Morgan fingerprint density at radius 2 is 1.75 bits per heavy atom. The third-order valence-electron chi connectivity index (χ3n) is 2.52. The molecule has 5 nitrogen and oxygen atoms in total. The first-order valence-corrected chi connectivity index (χ1v) is 5.49. The van der Waals surface area contributed by atoms with Crippen molar-refractivity contribution in [2.45, 2.75) is 0 Å². The molecule has 0 aliphatic heterocycles. The second-order valence-electron chi connectivity index (χ2n) is 3.86. The highest BCUT2D eigenvalue weighted by molar-refractivity contribution is 6.04. The van der Waals surface area contributed by atoms with Crippen LogP contribution in [0.25, 0.3) is 0 Å². The molecule has 2 rings (SSSR count). The molecule has 7 heteroatoms. The molecular weight excluding hydrogens is 270 g/mol. The van der Waals surface area contributed by atoms with Crippen molar-refractivity contribution in [3.63, 3.8) is 0 Å². The molecule has 0 heterocycles. The summed E-state index contributed by atoms with van der Waals surface area (Å²) in [5.41, 5.74) is -0.984. The van der Waals surface area contributed by atoms with Gasteiger partial charge in [-0.15, -0.1) is 0 Å². The van der Waals surface area contributed by atoms with Gasteiger partial charge in [-0.25, -0.2) is 4.39 Å². The minimum Gasteiger partial charge on any atom is -0.322 e. The van der Waals surface area contributed by atoms with Gasteiger partial charge in [0.2, 0.25) is 5.82 Å². The van der Waals surface area contributed by atoms with E-state index in [9.17, 15) is 23.7 Å². The molecule has 0 atom stereocenters. The first-order valence-electron chi connectivity index (χ1n) is 5.49. The molecule has 0 saturated carbocycles. The van der Waals surface area contributed by atoms with Crippen LogP contribution < -0.4 is 5.32 Å². The van der Waals surface area contributed by atoms with Gasteiger partial charge in [-0.1, -0.05) is 6.07 Å². The average molecular weight is 278 g/mol. The monoisotopic (exact) mass is 278 g/mol. The molecular formula is C13H8F2N2O3. The number of nitrogens with one attached hydrogen (secondary N) is 1. The lowest BCUT2D eigenvalue weighted by Crippen LogP contribution is -2.14. The van der Waals surface area contributed by atoms with Crippen molar-refractivity contribution in [3.8, 4) is 0 Å². The third-order valence-corrected chi connectivity index (χ3v) is 2.52. The standard InChI is InChI=1S/C13H8F2N2O3/c14-8-4-6-9(7-5-8)16-13(18)10-2-1-3-11(12(10)15)17(19)20/h1-7H,(H,16,18). The van der Waals surface area contributed by atoms with Gasteiger partial charge in [-0.2, -0.15) is 4.39 Å². The van der Waals surface area contributed by atoms with Gasteiger partial charge in [-0.05, 0) is 30.3 Å². The number of halogens is 2. The summed E-state index contributed by atoms with van der Waals surface area (Å²) in [6.07, 6.45) is 0. The van der Waals surface area contributed by atoms with Crippen LogP contribution in [-0.2, 0) is 0 Å². The summed E-state index contributed by atoms with van der Waals surface area (Å²) in [5, 5.41) is 12.9. The zero-order valence-corrected chi connectivity index (χ0v) is 9.97. The molecule has 0 aliphatic rings. The van der Waals surface area contributed by atoms with Crippen LogP contribution in [0.4, 0.5) is 20.2 Å². The molecule has 20 heavy (non-hydrogen) atoms. The largest absolute Gasteiger partial charge is 0.322 e. The fourth-order valence-electron chi connectivity index (χ4n) is 1.57. The Labute approximate surface area is 112 Å². The van der Waals surface area contributed by atoms with Crippen molar-refractivity contribution in [1.82, 2.24) is 0 Å². The van der Waals surface area contributed by atoms with Crippen LogP contribution in [-0.4, -0.2) is 10.8 Å². The summed E-state index contributed by atoms with van der Waals surface area (Å²) in [7, 11) is 0. The zero-order valence-electron chi connectivity index (χ0n) is 9.97. The lowest BCUT2D eigenvalue weighted by atomic mass is 10.1. The van der Waals surface area contributed by atoms with E-state index in [0.29, 0.717) is 0 Å². The Morgan fingerprint density at radius 3 is 2.35 bits per heavy atom. The highest BCUT2D eigenvalue weighted by Crippen LogP contribution is 2.21. The normalized spacial score (nSPS) is 10.1. The van der Waals surface area contributed by atoms with Crippen molar-refractivity contribution in [2.24, 2.45) is 0 Å². The molecule has 102 valence electrons. The van der Waals surface area contributed by atoms with E-state index in [-0.39, 0.29) is 5.69 Å². The molecule has 0 saturated heterocycles. The van der Waals surface area contributed by atoms with Crippen LogP contribution in [0.5, 0.6) is 0 Å². The Hall–Kier alpha value is -2.83. The minimum absolute atomic E-state index is 0.252. The van der Waals surface area contributed by atoms with Gasteiger partial charge < -0.3 is 5.32 Å². The zero-order chi connectivity index (χ0) is 14.7. The van der Waals surface area contributed by atoms with Crippen molar-refractivity contribution in [3.05, 3.63) is 69.8 Å². The fraction of sp³-hybridized carbons (Fsp3) is 0. The van der Waals surface area contributed by atoms with Crippen LogP contribution in [0.3, 0.4) is 0 Å². The molecule has 1 N–H and O–H groups in total.